The second-order valence-corrected chi connectivity index (χ2v) is 19.7. The monoisotopic (exact) mass is 826 g/mol. The molecular weight excluding hydrogens is 768 g/mol. The number of thiol groups is 1. The molecule has 6 fully saturated rings. The summed E-state index contributed by atoms with van der Waals surface area (Å²) < 4.78 is 55.3. The number of ether oxygens (including phenoxy) is 2. The van der Waals surface area contributed by atoms with E-state index in [0.717, 1.165) is 82.6 Å². The molecule has 1 N–H and O–H groups in total. The number of nitrogens with zero attached hydrogens (tertiary/aromatic N) is 5. The van der Waals surface area contributed by atoms with Crippen LogP contribution in [0.4, 0.5) is 14.9 Å². The number of amides is 2. The molecule has 1 aliphatic carbocycles. The average Bonchev–Trinajstić information content (AvgIpc) is 3.94. The molecule has 5 aliphatic heterocycles. The lowest BCUT2D eigenvalue weighted by atomic mass is 9.57. The molecule has 5 atom stereocenters. The number of likely N-dealkylation sites (tertiary alicyclic amines) is 3. The molecule has 312 valence electrons. The number of nitrogens with one attached hydrogen (secondary N) is 1. The van der Waals surface area contributed by atoms with E-state index in [9.17, 15) is 18.0 Å². The summed E-state index contributed by atoms with van der Waals surface area (Å²) in [6, 6.07) is 14.2. The number of piperazine rings is 1. The predicted molar refractivity (Wildman–Crippen MR) is 220 cm³/mol. The lowest BCUT2D eigenvalue weighted by molar-refractivity contribution is -0.132. The van der Waals surface area contributed by atoms with Crippen molar-refractivity contribution in [1.82, 2.24) is 24.3 Å². The van der Waals surface area contributed by atoms with Crippen LogP contribution < -0.4 is 10.2 Å². The molecule has 2 bridgehead atoms. The number of sulfonamides is 1. The van der Waals surface area contributed by atoms with Crippen LogP contribution in [0.1, 0.15) is 56.9 Å². The highest BCUT2D eigenvalue weighted by Crippen LogP contribution is 2.52. The van der Waals surface area contributed by atoms with Gasteiger partial charge in [0.2, 0.25) is 15.9 Å². The first-order chi connectivity index (χ1) is 27.5. The van der Waals surface area contributed by atoms with Crippen molar-refractivity contribution in [3.05, 3.63) is 59.9 Å². The summed E-state index contributed by atoms with van der Waals surface area (Å²) in [4.78, 5) is 34.4. The van der Waals surface area contributed by atoms with Gasteiger partial charge in [-0.25, -0.2) is 17.6 Å². The Balaban J connectivity index is 0.917. The maximum atomic E-state index is 15.1. The number of carbonyl (C=O) groups is 2. The zero-order chi connectivity index (χ0) is 40.0. The van der Waals surface area contributed by atoms with Gasteiger partial charge in [0.05, 0.1) is 25.1 Å². The molecule has 1 saturated carbocycles. The molecule has 2 amide bonds. The van der Waals surface area contributed by atoms with Crippen molar-refractivity contribution >= 4 is 40.3 Å². The molecule has 12 nitrogen and oxygen atoms in total. The van der Waals surface area contributed by atoms with Crippen LogP contribution in [-0.2, 0) is 29.7 Å². The van der Waals surface area contributed by atoms with E-state index in [-0.39, 0.29) is 51.7 Å². The molecule has 15 heteroatoms. The number of carbonyl (C=O) groups excluding carboxylic acids is 2. The van der Waals surface area contributed by atoms with E-state index in [1.54, 1.807) is 29.6 Å². The summed E-state index contributed by atoms with van der Waals surface area (Å²) in [5.41, 5.74) is 1.35. The van der Waals surface area contributed by atoms with Crippen LogP contribution in [0.2, 0.25) is 0 Å². The van der Waals surface area contributed by atoms with Gasteiger partial charge < -0.3 is 34.4 Å². The Morgan fingerprint density at radius 2 is 1.70 bits per heavy atom. The molecule has 0 spiro atoms. The van der Waals surface area contributed by atoms with Crippen LogP contribution in [0, 0.1) is 17.7 Å². The Bertz CT molecular complexity index is 1870. The summed E-state index contributed by atoms with van der Waals surface area (Å²) >= 11 is 4.19. The minimum absolute atomic E-state index is 0.0341. The van der Waals surface area contributed by atoms with Crippen LogP contribution in [0.15, 0.2) is 53.4 Å². The van der Waals surface area contributed by atoms with Gasteiger partial charge in [-0.2, -0.15) is 16.9 Å². The van der Waals surface area contributed by atoms with Crippen molar-refractivity contribution < 1.29 is 31.9 Å². The zero-order valence-electron chi connectivity index (χ0n) is 33.4. The average molecular weight is 827 g/mol. The molecule has 0 unspecified atom stereocenters. The fourth-order valence-electron chi connectivity index (χ4n) is 11.3. The van der Waals surface area contributed by atoms with E-state index >= 15 is 4.39 Å². The number of halogens is 1. The predicted octanol–water partition coefficient (Wildman–Crippen LogP) is 4.21. The fraction of sp³-hybridized carbons (Fsp3) is 0.667. The van der Waals surface area contributed by atoms with E-state index in [1.807, 2.05) is 23.1 Å². The molecule has 2 aromatic rings. The van der Waals surface area contributed by atoms with E-state index in [0.29, 0.717) is 50.7 Å². The third-order valence-corrected chi connectivity index (χ3v) is 16.5. The second-order valence-electron chi connectivity index (χ2n) is 17.4. The highest BCUT2D eigenvalue weighted by molar-refractivity contribution is 7.89. The smallest absolute Gasteiger partial charge is 0.407 e. The molecule has 8 rings (SSSR count). The number of hydrogen-bond donors (Lipinski definition) is 2. The molecule has 5 saturated heterocycles. The Morgan fingerprint density at radius 1 is 0.947 bits per heavy atom. The normalized spacial score (nSPS) is 27.9. The quantitative estimate of drug-likeness (QED) is 0.271. The van der Waals surface area contributed by atoms with Gasteiger partial charge in [0.25, 0.3) is 0 Å². The van der Waals surface area contributed by atoms with Crippen molar-refractivity contribution in [2.75, 3.05) is 90.3 Å². The van der Waals surface area contributed by atoms with Crippen LogP contribution in [0.3, 0.4) is 0 Å². The highest BCUT2D eigenvalue weighted by atomic mass is 32.2. The van der Waals surface area contributed by atoms with Gasteiger partial charge in [0.1, 0.15) is 11.4 Å². The number of methoxy groups -OCH3 is 2. The summed E-state index contributed by atoms with van der Waals surface area (Å²) in [6.07, 6.45) is 6.64. The Morgan fingerprint density at radius 3 is 2.32 bits per heavy atom. The molecule has 2 aromatic carbocycles. The van der Waals surface area contributed by atoms with Crippen molar-refractivity contribution in [2.45, 2.75) is 85.4 Å². The first-order valence-corrected chi connectivity index (χ1v) is 22.9. The maximum Gasteiger partial charge on any atom is 0.407 e. The van der Waals surface area contributed by atoms with E-state index in [2.05, 4.69) is 38.7 Å². The number of rotatable bonds is 14. The number of fused-ring (bicyclic) bond motifs is 2. The van der Waals surface area contributed by atoms with Gasteiger partial charge >= 0.3 is 6.09 Å². The number of alkyl carbamates (subject to hydrolysis) is 1. The van der Waals surface area contributed by atoms with Gasteiger partial charge in [-0.05, 0) is 124 Å². The largest absolute Gasteiger partial charge is 0.453 e. The number of piperidine rings is 1. The number of benzene rings is 2. The Labute approximate surface area is 342 Å². The number of hydrogen-bond acceptors (Lipinski definition) is 10. The summed E-state index contributed by atoms with van der Waals surface area (Å²) in [6.45, 7) is 7.73. The van der Waals surface area contributed by atoms with Crippen LogP contribution in [0.5, 0.6) is 0 Å². The third-order valence-electron chi connectivity index (χ3n) is 14.3. The van der Waals surface area contributed by atoms with E-state index in [1.165, 1.54) is 19.6 Å². The van der Waals surface area contributed by atoms with Crippen LogP contribution >= 0.6 is 12.6 Å². The summed E-state index contributed by atoms with van der Waals surface area (Å²) in [7, 11) is -0.482. The van der Waals surface area contributed by atoms with Crippen LogP contribution in [0.25, 0.3) is 0 Å². The Kier molecular flexibility index (Phi) is 11.9. The highest BCUT2D eigenvalue weighted by Gasteiger charge is 2.54. The van der Waals surface area contributed by atoms with Gasteiger partial charge in [-0.1, -0.05) is 18.6 Å². The van der Waals surface area contributed by atoms with Gasteiger partial charge in [0.15, 0.2) is 0 Å². The van der Waals surface area contributed by atoms with Gasteiger partial charge in [-0.15, -0.1) is 0 Å². The van der Waals surface area contributed by atoms with E-state index in [4.69, 9.17) is 9.47 Å². The summed E-state index contributed by atoms with van der Waals surface area (Å²) in [5, 5.41) is 3.18. The SMILES string of the molecule is COC(=O)N[C@H]1CCC[C@@H]1[C@](CN1CCC1)(c1cccc(F)c1)C1CCN(CC2(OC)CN(c3ccc(S(=O)(=O)N4C[C@@H]5C[C@H]4CN5C(=O)CCS)cc3)C2)CC1. The second kappa shape index (κ2) is 16.6. The number of anilines is 1. The fourth-order valence-corrected chi connectivity index (χ4v) is 13.2. The Hall–Kier alpha value is -2.95. The first kappa shape index (κ1) is 40.8. The van der Waals surface area contributed by atoms with Crippen molar-refractivity contribution in [3.8, 4) is 0 Å². The van der Waals surface area contributed by atoms with Gasteiger partial charge in [0, 0.05) is 68.9 Å². The minimum Gasteiger partial charge on any atom is -0.453 e. The summed E-state index contributed by atoms with van der Waals surface area (Å²) in [5.74, 6) is 0.793. The lowest BCUT2D eigenvalue weighted by Gasteiger charge is -2.55. The molecule has 6 aliphatic rings. The zero-order valence-corrected chi connectivity index (χ0v) is 35.1. The van der Waals surface area contributed by atoms with Crippen LogP contribution in [-0.4, -0.2) is 149 Å². The molecule has 0 aromatic heterocycles. The first-order valence-electron chi connectivity index (χ1n) is 20.9. The maximum absolute atomic E-state index is 15.1. The van der Waals surface area contributed by atoms with Crippen molar-refractivity contribution in [1.29, 1.82) is 0 Å². The van der Waals surface area contributed by atoms with Crippen molar-refractivity contribution in [2.24, 2.45) is 11.8 Å². The lowest BCUT2D eigenvalue weighted by Crippen LogP contribution is -2.68. The van der Waals surface area contributed by atoms with E-state index < -0.39 is 16.1 Å². The standard InChI is InChI=1S/C42H59FN6O6S2/c1-54-40(51)44-38-9-4-8-37(38)42(29-45-17-5-18-45,31-6-3-7-32(43)22-31)30-14-19-46(20-15-30)26-41(55-2)27-47(28-41)33-10-12-36(13-11-33)57(52,53)49-25-34-23-35(49)24-48(34)39(50)16-21-56/h3,6-7,10-13,22,30,34-35,37-38,56H,4-5,8-9,14-21,23-29H2,1-2H3,(H,44,51)/t34-,35-,37-,38-,42-/m0/s1. The van der Waals surface area contributed by atoms with Gasteiger partial charge in [-0.3, -0.25) is 4.79 Å². The third kappa shape index (κ3) is 7.81. The molecule has 5 heterocycles. The molecule has 0 radical (unpaired) electrons. The van der Waals surface area contributed by atoms with Crippen molar-refractivity contribution in [3.63, 3.8) is 0 Å². The topological polar surface area (TPSA) is 115 Å². The minimum atomic E-state index is -3.68. The molecule has 57 heavy (non-hydrogen) atoms. The molecular formula is C42H59FN6O6S2.